The van der Waals surface area contributed by atoms with Crippen LogP contribution in [0.15, 0.2) is 18.2 Å². The minimum atomic E-state index is 0.193. The van der Waals surface area contributed by atoms with Crippen molar-refractivity contribution in [3.05, 3.63) is 29.3 Å². The van der Waals surface area contributed by atoms with E-state index in [2.05, 4.69) is 17.4 Å². The molecular formula is C15H22N2O2. The minimum absolute atomic E-state index is 0.193. The summed E-state index contributed by atoms with van der Waals surface area (Å²) in [4.78, 5) is 13.6. The molecule has 2 rings (SSSR count). The van der Waals surface area contributed by atoms with Crippen LogP contribution < -0.4 is 10.1 Å². The predicted octanol–water partition coefficient (Wildman–Crippen LogP) is 1.23. The Morgan fingerprint density at radius 1 is 1.47 bits per heavy atom. The highest BCUT2D eigenvalue weighted by Crippen LogP contribution is 2.25. The molecule has 0 unspecified atom stereocenters. The molecule has 0 saturated carbocycles. The highest BCUT2D eigenvalue weighted by molar-refractivity contribution is 5.76. The maximum absolute atomic E-state index is 11.8. The van der Waals surface area contributed by atoms with Crippen LogP contribution in [0.2, 0.25) is 0 Å². The van der Waals surface area contributed by atoms with Crippen LogP contribution in [0.4, 0.5) is 0 Å². The molecule has 0 fully saturated rings. The number of hydrogen-bond acceptors (Lipinski definition) is 3. The highest BCUT2D eigenvalue weighted by Gasteiger charge is 2.13. The molecule has 0 aliphatic carbocycles. The van der Waals surface area contributed by atoms with Crippen LogP contribution in [-0.2, 0) is 17.6 Å². The molecule has 0 atom stereocenters. The molecule has 104 valence electrons. The van der Waals surface area contributed by atoms with Crippen molar-refractivity contribution in [1.82, 2.24) is 10.2 Å². The van der Waals surface area contributed by atoms with Gasteiger partial charge in [0.25, 0.3) is 0 Å². The summed E-state index contributed by atoms with van der Waals surface area (Å²) in [5.41, 5.74) is 2.57. The molecule has 0 saturated heterocycles. The topological polar surface area (TPSA) is 41.6 Å². The molecule has 0 spiro atoms. The van der Waals surface area contributed by atoms with E-state index in [4.69, 9.17) is 4.74 Å². The zero-order chi connectivity index (χ0) is 13.7. The summed E-state index contributed by atoms with van der Waals surface area (Å²) in [7, 11) is 3.73. The number of carbonyl (C=O) groups excluding carboxylic acids is 1. The number of benzene rings is 1. The van der Waals surface area contributed by atoms with Crippen LogP contribution in [0.3, 0.4) is 0 Å². The van der Waals surface area contributed by atoms with Gasteiger partial charge in [0.05, 0.1) is 6.61 Å². The molecule has 1 aromatic carbocycles. The van der Waals surface area contributed by atoms with Crippen LogP contribution in [0.1, 0.15) is 17.5 Å². The summed E-state index contributed by atoms with van der Waals surface area (Å²) in [6.45, 7) is 2.29. The second-order valence-corrected chi connectivity index (χ2v) is 4.96. The monoisotopic (exact) mass is 262 g/mol. The SMILES string of the molecule is CNCCC(=O)N(C)CCc1ccc2c(c1)CCO2. The van der Waals surface area contributed by atoms with Crippen LogP contribution in [0, 0.1) is 0 Å². The molecule has 1 aliphatic rings. The molecule has 1 N–H and O–H groups in total. The summed E-state index contributed by atoms with van der Waals surface area (Å²) in [6, 6.07) is 6.34. The van der Waals surface area contributed by atoms with Gasteiger partial charge >= 0.3 is 0 Å². The number of amides is 1. The van der Waals surface area contributed by atoms with E-state index in [1.54, 1.807) is 4.90 Å². The van der Waals surface area contributed by atoms with Gasteiger partial charge in [-0.25, -0.2) is 0 Å². The molecule has 19 heavy (non-hydrogen) atoms. The summed E-state index contributed by atoms with van der Waals surface area (Å²) < 4.78 is 5.49. The van der Waals surface area contributed by atoms with E-state index < -0.39 is 0 Å². The summed E-state index contributed by atoms with van der Waals surface area (Å²) in [5.74, 6) is 1.21. The maximum Gasteiger partial charge on any atom is 0.223 e. The number of rotatable bonds is 6. The first-order chi connectivity index (χ1) is 9.20. The first-order valence-corrected chi connectivity index (χ1v) is 6.84. The van der Waals surface area contributed by atoms with Crippen LogP contribution in [0.5, 0.6) is 5.75 Å². The van der Waals surface area contributed by atoms with E-state index in [9.17, 15) is 4.79 Å². The fraction of sp³-hybridized carbons (Fsp3) is 0.533. The third-order valence-electron chi connectivity index (χ3n) is 3.50. The van der Waals surface area contributed by atoms with Gasteiger partial charge in [0.1, 0.15) is 5.75 Å². The van der Waals surface area contributed by atoms with Crippen molar-refractivity contribution in [3.8, 4) is 5.75 Å². The number of nitrogens with one attached hydrogen (secondary N) is 1. The quantitative estimate of drug-likeness (QED) is 0.838. The Kier molecular flexibility index (Phi) is 4.80. The van der Waals surface area contributed by atoms with Gasteiger partial charge in [-0.2, -0.15) is 0 Å². The van der Waals surface area contributed by atoms with Gasteiger partial charge in [-0.1, -0.05) is 12.1 Å². The Labute approximate surface area is 114 Å². The lowest BCUT2D eigenvalue weighted by molar-refractivity contribution is -0.129. The van der Waals surface area contributed by atoms with Gasteiger partial charge in [0.2, 0.25) is 5.91 Å². The summed E-state index contributed by atoms with van der Waals surface area (Å²) in [6.07, 6.45) is 2.46. The van der Waals surface area contributed by atoms with Crippen molar-refractivity contribution in [2.75, 3.05) is 33.8 Å². The standard InChI is InChI=1S/C15H22N2O2/c1-16-8-5-15(18)17(2)9-6-12-3-4-14-13(11-12)7-10-19-14/h3-4,11,16H,5-10H2,1-2H3. The first kappa shape index (κ1) is 13.9. The summed E-state index contributed by atoms with van der Waals surface area (Å²) >= 11 is 0. The number of nitrogens with zero attached hydrogens (tertiary/aromatic N) is 1. The third kappa shape index (κ3) is 3.70. The van der Waals surface area contributed by atoms with Gasteiger partial charge < -0.3 is 15.0 Å². The smallest absolute Gasteiger partial charge is 0.223 e. The summed E-state index contributed by atoms with van der Waals surface area (Å²) in [5, 5.41) is 2.99. The molecule has 0 radical (unpaired) electrons. The van der Waals surface area contributed by atoms with Gasteiger partial charge in [-0.3, -0.25) is 4.79 Å². The zero-order valence-corrected chi connectivity index (χ0v) is 11.7. The number of carbonyl (C=O) groups is 1. The first-order valence-electron chi connectivity index (χ1n) is 6.84. The Hall–Kier alpha value is -1.55. The Balaban J connectivity index is 1.83. The Morgan fingerprint density at radius 3 is 3.11 bits per heavy atom. The lowest BCUT2D eigenvalue weighted by atomic mass is 10.1. The average Bonchev–Trinajstić information content (AvgIpc) is 2.89. The largest absolute Gasteiger partial charge is 0.493 e. The van der Waals surface area contributed by atoms with Crippen molar-refractivity contribution in [2.24, 2.45) is 0 Å². The molecule has 1 aromatic rings. The number of likely N-dealkylation sites (N-methyl/N-ethyl adjacent to an activating group) is 1. The fourth-order valence-electron chi connectivity index (χ4n) is 2.24. The van der Waals surface area contributed by atoms with Crippen molar-refractivity contribution in [2.45, 2.75) is 19.3 Å². The second-order valence-electron chi connectivity index (χ2n) is 4.96. The van der Waals surface area contributed by atoms with E-state index >= 15 is 0 Å². The van der Waals surface area contributed by atoms with Crippen molar-refractivity contribution < 1.29 is 9.53 Å². The van der Waals surface area contributed by atoms with Gasteiger partial charge in [0.15, 0.2) is 0 Å². The van der Waals surface area contributed by atoms with E-state index in [1.807, 2.05) is 20.2 Å². The minimum Gasteiger partial charge on any atom is -0.493 e. The number of fused-ring (bicyclic) bond motifs is 1. The van der Waals surface area contributed by atoms with Gasteiger partial charge in [-0.15, -0.1) is 0 Å². The molecule has 4 heteroatoms. The molecule has 1 aliphatic heterocycles. The zero-order valence-electron chi connectivity index (χ0n) is 11.7. The van der Waals surface area contributed by atoms with E-state index in [1.165, 1.54) is 11.1 Å². The average molecular weight is 262 g/mol. The van der Waals surface area contributed by atoms with Crippen molar-refractivity contribution >= 4 is 5.91 Å². The number of hydrogen-bond donors (Lipinski definition) is 1. The molecule has 4 nitrogen and oxygen atoms in total. The highest BCUT2D eigenvalue weighted by atomic mass is 16.5. The molecule has 1 amide bonds. The Morgan fingerprint density at radius 2 is 2.32 bits per heavy atom. The lowest BCUT2D eigenvalue weighted by Gasteiger charge is -2.17. The Bertz CT molecular complexity index is 446. The van der Waals surface area contributed by atoms with Crippen LogP contribution in [-0.4, -0.2) is 44.6 Å². The fourth-order valence-corrected chi connectivity index (χ4v) is 2.24. The lowest BCUT2D eigenvalue weighted by Crippen LogP contribution is -2.30. The van der Waals surface area contributed by atoms with Crippen LogP contribution in [0.25, 0.3) is 0 Å². The van der Waals surface area contributed by atoms with E-state index in [0.29, 0.717) is 6.42 Å². The normalized spacial score (nSPS) is 12.9. The molecule has 0 bridgehead atoms. The predicted molar refractivity (Wildman–Crippen MR) is 75.5 cm³/mol. The molecule has 1 heterocycles. The number of ether oxygens (including phenoxy) is 1. The molecular weight excluding hydrogens is 240 g/mol. The van der Waals surface area contributed by atoms with Gasteiger partial charge in [-0.05, 0) is 30.7 Å². The van der Waals surface area contributed by atoms with E-state index in [-0.39, 0.29) is 5.91 Å². The van der Waals surface area contributed by atoms with Crippen LogP contribution >= 0.6 is 0 Å². The maximum atomic E-state index is 11.8. The van der Waals surface area contributed by atoms with Gasteiger partial charge in [0, 0.05) is 33.0 Å². The third-order valence-corrected chi connectivity index (χ3v) is 3.50. The van der Waals surface area contributed by atoms with Crippen molar-refractivity contribution in [3.63, 3.8) is 0 Å². The van der Waals surface area contributed by atoms with Crippen molar-refractivity contribution in [1.29, 1.82) is 0 Å². The molecule has 0 aromatic heterocycles. The second kappa shape index (κ2) is 6.57. The van der Waals surface area contributed by atoms with E-state index in [0.717, 1.165) is 38.3 Å².